The summed E-state index contributed by atoms with van der Waals surface area (Å²) in [6, 6.07) is 19.6. The number of para-hydroxylation sites is 1. The van der Waals surface area contributed by atoms with Crippen LogP contribution in [-0.4, -0.2) is 5.78 Å². The molecule has 0 radical (unpaired) electrons. The number of hydrogen-bond donors (Lipinski definition) is 0. The molecule has 0 amide bonds. The number of nitriles is 1. The lowest BCUT2D eigenvalue weighted by Gasteiger charge is -2.38. The molecular formula is C20H18N2O. The highest BCUT2D eigenvalue weighted by atomic mass is 16.1. The van der Waals surface area contributed by atoms with Crippen LogP contribution in [0.2, 0.25) is 0 Å². The minimum atomic E-state index is -0.145. The highest BCUT2D eigenvalue weighted by molar-refractivity contribution is 5.99. The van der Waals surface area contributed by atoms with Crippen molar-refractivity contribution in [2.24, 2.45) is 5.92 Å². The molecule has 0 bridgehead atoms. The molecule has 1 aliphatic heterocycles. The first-order chi connectivity index (χ1) is 11.1. The van der Waals surface area contributed by atoms with Crippen molar-refractivity contribution in [2.75, 3.05) is 4.90 Å². The van der Waals surface area contributed by atoms with E-state index in [1.807, 2.05) is 62.5 Å². The molecule has 23 heavy (non-hydrogen) atoms. The summed E-state index contributed by atoms with van der Waals surface area (Å²) in [5.74, 6) is 0.0275. The summed E-state index contributed by atoms with van der Waals surface area (Å²) in [6.07, 6.45) is 1.93. The standard InChI is InChI=1S/C20H18N2O/c1-14-13-22(18-6-4-3-5-7-18)19(15(2)20(14)23)17-10-8-16(12-21)9-11-17/h3-11,13,15,19H,1-2H3/t15-,19-/m0/s1. The third kappa shape index (κ3) is 2.76. The van der Waals surface area contributed by atoms with Crippen molar-refractivity contribution in [1.29, 1.82) is 5.26 Å². The Morgan fingerprint density at radius 3 is 2.30 bits per heavy atom. The zero-order valence-electron chi connectivity index (χ0n) is 13.2. The Hall–Kier alpha value is -2.86. The highest BCUT2D eigenvalue weighted by Crippen LogP contribution is 2.38. The van der Waals surface area contributed by atoms with Crippen molar-refractivity contribution in [2.45, 2.75) is 19.9 Å². The SMILES string of the molecule is CC1=CN(c2ccccc2)[C@H](c2ccc(C#N)cc2)[C@H](C)C1=O. The topological polar surface area (TPSA) is 44.1 Å². The van der Waals surface area contributed by atoms with Crippen LogP contribution in [-0.2, 0) is 4.79 Å². The molecule has 0 N–H and O–H groups in total. The van der Waals surface area contributed by atoms with Crippen LogP contribution in [0.5, 0.6) is 0 Å². The summed E-state index contributed by atoms with van der Waals surface area (Å²) in [5.41, 5.74) is 3.49. The maximum absolute atomic E-state index is 12.5. The van der Waals surface area contributed by atoms with E-state index >= 15 is 0 Å². The third-order valence-corrected chi connectivity index (χ3v) is 4.34. The van der Waals surface area contributed by atoms with E-state index < -0.39 is 0 Å². The van der Waals surface area contributed by atoms with Crippen LogP contribution in [0.1, 0.15) is 31.0 Å². The summed E-state index contributed by atoms with van der Waals surface area (Å²) in [4.78, 5) is 14.6. The number of benzene rings is 2. The lowest BCUT2D eigenvalue weighted by atomic mass is 9.84. The first kappa shape index (κ1) is 15.1. The normalized spacial score (nSPS) is 20.8. The number of hydrogen-bond acceptors (Lipinski definition) is 3. The van der Waals surface area contributed by atoms with E-state index in [9.17, 15) is 4.79 Å². The fraction of sp³-hybridized carbons (Fsp3) is 0.200. The van der Waals surface area contributed by atoms with Crippen molar-refractivity contribution >= 4 is 11.5 Å². The van der Waals surface area contributed by atoms with Crippen molar-refractivity contribution < 1.29 is 4.79 Å². The maximum atomic E-state index is 12.5. The van der Waals surface area contributed by atoms with Crippen LogP contribution in [0, 0.1) is 17.2 Å². The summed E-state index contributed by atoms with van der Waals surface area (Å²) in [6.45, 7) is 3.83. The van der Waals surface area contributed by atoms with Crippen LogP contribution < -0.4 is 4.90 Å². The van der Waals surface area contributed by atoms with E-state index in [0.29, 0.717) is 5.56 Å². The molecule has 0 saturated heterocycles. The molecule has 3 rings (SSSR count). The quantitative estimate of drug-likeness (QED) is 0.834. The second-order valence-electron chi connectivity index (χ2n) is 5.89. The van der Waals surface area contributed by atoms with Crippen molar-refractivity contribution in [3.8, 4) is 6.07 Å². The van der Waals surface area contributed by atoms with Gasteiger partial charge in [-0.1, -0.05) is 37.3 Å². The fourth-order valence-electron chi connectivity index (χ4n) is 3.14. The first-order valence-corrected chi connectivity index (χ1v) is 7.68. The Kier molecular flexibility index (Phi) is 3.99. The van der Waals surface area contributed by atoms with E-state index in [4.69, 9.17) is 5.26 Å². The van der Waals surface area contributed by atoms with Gasteiger partial charge < -0.3 is 4.90 Å². The first-order valence-electron chi connectivity index (χ1n) is 7.68. The molecule has 0 unspecified atom stereocenters. The monoisotopic (exact) mass is 302 g/mol. The Morgan fingerprint density at radius 2 is 1.70 bits per heavy atom. The van der Waals surface area contributed by atoms with E-state index in [1.165, 1.54) is 0 Å². The van der Waals surface area contributed by atoms with Gasteiger partial charge in [-0.15, -0.1) is 0 Å². The number of rotatable bonds is 2. The molecule has 2 atom stereocenters. The third-order valence-electron chi connectivity index (χ3n) is 4.34. The molecule has 3 nitrogen and oxygen atoms in total. The van der Waals surface area contributed by atoms with Gasteiger partial charge in [-0.05, 0) is 36.8 Å². The summed E-state index contributed by atoms with van der Waals surface area (Å²) < 4.78 is 0. The largest absolute Gasteiger partial charge is 0.339 e. The average Bonchev–Trinajstić information content (AvgIpc) is 2.60. The number of nitrogens with zero attached hydrogens (tertiary/aromatic N) is 2. The van der Waals surface area contributed by atoms with Gasteiger partial charge in [0.2, 0.25) is 0 Å². The van der Waals surface area contributed by atoms with E-state index in [1.54, 1.807) is 12.1 Å². The van der Waals surface area contributed by atoms with Gasteiger partial charge in [0.1, 0.15) is 0 Å². The summed E-state index contributed by atoms with van der Waals surface area (Å²) in [5, 5.41) is 8.97. The number of Topliss-reactive ketones (excluding diaryl/α,β-unsaturated/α-hetero) is 1. The molecule has 0 aliphatic carbocycles. The van der Waals surface area contributed by atoms with E-state index in [2.05, 4.69) is 11.0 Å². The predicted molar refractivity (Wildman–Crippen MR) is 90.7 cm³/mol. The minimum Gasteiger partial charge on any atom is -0.339 e. The predicted octanol–water partition coefficient (Wildman–Crippen LogP) is 4.23. The van der Waals surface area contributed by atoms with Gasteiger partial charge in [-0.2, -0.15) is 5.26 Å². The molecular weight excluding hydrogens is 284 g/mol. The van der Waals surface area contributed by atoms with Gasteiger partial charge in [0.15, 0.2) is 5.78 Å². The van der Waals surface area contributed by atoms with Gasteiger partial charge in [-0.25, -0.2) is 0 Å². The Bertz CT molecular complexity index is 785. The van der Waals surface area contributed by atoms with Crippen LogP contribution in [0.3, 0.4) is 0 Å². The molecule has 0 spiro atoms. The molecule has 0 aromatic heterocycles. The molecule has 0 saturated carbocycles. The molecule has 2 aromatic rings. The van der Waals surface area contributed by atoms with Crippen LogP contribution >= 0.6 is 0 Å². The number of carbonyl (C=O) groups excluding carboxylic acids is 1. The number of ketones is 1. The summed E-state index contributed by atoms with van der Waals surface area (Å²) >= 11 is 0. The lowest BCUT2D eigenvalue weighted by Crippen LogP contribution is -2.37. The molecule has 1 heterocycles. The Balaban J connectivity index is 2.09. The molecule has 114 valence electrons. The zero-order valence-corrected chi connectivity index (χ0v) is 13.2. The summed E-state index contributed by atoms with van der Waals surface area (Å²) in [7, 11) is 0. The number of carbonyl (C=O) groups is 1. The number of allylic oxidation sites excluding steroid dienone is 1. The highest BCUT2D eigenvalue weighted by Gasteiger charge is 2.34. The van der Waals surface area contributed by atoms with Gasteiger partial charge >= 0.3 is 0 Å². The van der Waals surface area contributed by atoms with Gasteiger partial charge in [0, 0.05) is 23.4 Å². The minimum absolute atomic E-state index is 0.0682. The molecule has 3 heteroatoms. The van der Waals surface area contributed by atoms with Gasteiger partial charge in [-0.3, -0.25) is 4.79 Å². The number of anilines is 1. The van der Waals surface area contributed by atoms with Crippen LogP contribution in [0.15, 0.2) is 66.4 Å². The van der Waals surface area contributed by atoms with Gasteiger partial charge in [0.05, 0.1) is 17.7 Å². The zero-order chi connectivity index (χ0) is 16.4. The Labute approximate surface area is 136 Å². The van der Waals surface area contributed by atoms with Crippen LogP contribution in [0.4, 0.5) is 5.69 Å². The van der Waals surface area contributed by atoms with E-state index in [0.717, 1.165) is 16.8 Å². The van der Waals surface area contributed by atoms with Gasteiger partial charge in [0.25, 0.3) is 0 Å². The van der Waals surface area contributed by atoms with E-state index in [-0.39, 0.29) is 17.7 Å². The molecule has 0 fully saturated rings. The smallest absolute Gasteiger partial charge is 0.165 e. The Morgan fingerprint density at radius 1 is 1.04 bits per heavy atom. The van der Waals surface area contributed by atoms with Crippen LogP contribution in [0.25, 0.3) is 0 Å². The maximum Gasteiger partial charge on any atom is 0.165 e. The molecule has 1 aliphatic rings. The lowest BCUT2D eigenvalue weighted by molar-refractivity contribution is -0.119. The molecule has 2 aromatic carbocycles. The fourth-order valence-corrected chi connectivity index (χ4v) is 3.14. The average molecular weight is 302 g/mol. The van der Waals surface area contributed by atoms with Crippen molar-refractivity contribution in [1.82, 2.24) is 0 Å². The second kappa shape index (κ2) is 6.10. The van der Waals surface area contributed by atoms with Crippen molar-refractivity contribution in [3.63, 3.8) is 0 Å². The second-order valence-corrected chi connectivity index (χ2v) is 5.89. The van der Waals surface area contributed by atoms with Crippen molar-refractivity contribution in [3.05, 3.63) is 77.5 Å².